The summed E-state index contributed by atoms with van der Waals surface area (Å²) in [5.74, 6) is -0.221. The van der Waals surface area contributed by atoms with Crippen LogP contribution >= 0.6 is 0 Å². The van der Waals surface area contributed by atoms with Crippen LogP contribution in [0.25, 0.3) is 0 Å². The molecule has 0 fully saturated rings. The van der Waals surface area contributed by atoms with E-state index in [0.29, 0.717) is 5.75 Å². The van der Waals surface area contributed by atoms with Crippen LogP contribution in [0, 0.1) is 0 Å². The highest BCUT2D eigenvalue weighted by Crippen LogP contribution is 2.12. The van der Waals surface area contributed by atoms with E-state index in [4.69, 9.17) is 4.74 Å². The van der Waals surface area contributed by atoms with Crippen LogP contribution in [0.15, 0.2) is 54.6 Å². The third-order valence-electron chi connectivity index (χ3n) is 3.46. The van der Waals surface area contributed by atoms with Crippen molar-refractivity contribution in [3.63, 3.8) is 0 Å². The molecule has 2 atom stereocenters. The van der Waals surface area contributed by atoms with Crippen molar-refractivity contribution < 1.29 is 24.9 Å². The number of aliphatic hydroxyl groups excluding tert-OH is 1. The lowest BCUT2D eigenvalue weighted by atomic mass is 10.1. The fraction of sp³-hybridized carbons (Fsp3) is 0.278. The summed E-state index contributed by atoms with van der Waals surface area (Å²) in [6.07, 6.45) is -0.575. The zero-order chi connectivity index (χ0) is 17.4. The number of aliphatic hydroxyl groups is 1. The van der Waals surface area contributed by atoms with E-state index in [1.165, 1.54) is 12.1 Å². The standard InChI is InChI=1S/C18H21NO5/c20-14-8-6-13(7-9-14)10-17(18(22)23)19-11-15(21)12-24-16-4-2-1-3-5-16/h1-9,15,17,19-21H,10-12H2,(H,22,23)/t15-,17-/m0/s1. The van der Waals surface area contributed by atoms with E-state index in [1.807, 2.05) is 18.2 Å². The maximum absolute atomic E-state index is 11.3. The molecule has 4 N–H and O–H groups in total. The summed E-state index contributed by atoms with van der Waals surface area (Å²) in [6.45, 7) is 0.171. The summed E-state index contributed by atoms with van der Waals surface area (Å²) >= 11 is 0. The van der Waals surface area contributed by atoms with Gasteiger partial charge in [0.15, 0.2) is 0 Å². The van der Waals surface area contributed by atoms with Gasteiger partial charge in [0.1, 0.15) is 30.3 Å². The summed E-state index contributed by atoms with van der Waals surface area (Å²) in [5.41, 5.74) is 0.780. The Morgan fingerprint density at radius 2 is 1.75 bits per heavy atom. The Bertz CT molecular complexity index is 630. The number of phenolic OH excluding ortho intramolecular Hbond substituents is 1. The molecular formula is C18H21NO5. The van der Waals surface area contributed by atoms with Crippen molar-refractivity contribution in [2.45, 2.75) is 18.6 Å². The van der Waals surface area contributed by atoms with Crippen molar-refractivity contribution in [3.8, 4) is 11.5 Å². The van der Waals surface area contributed by atoms with Crippen molar-refractivity contribution in [2.24, 2.45) is 0 Å². The highest BCUT2D eigenvalue weighted by Gasteiger charge is 2.19. The van der Waals surface area contributed by atoms with E-state index in [2.05, 4.69) is 5.32 Å². The number of carboxylic acids is 1. The molecule has 0 aromatic heterocycles. The Morgan fingerprint density at radius 3 is 2.38 bits per heavy atom. The topological polar surface area (TPSA) is 99.0 Å². The normalized spacial score (nSPS) is 13.2. The quantitative estimate of drug-likeness (QED) is 0.555. The molecular weight excluding hydrogens is 310 g/mol. The van der Waals surface area contributed by atoms with Crippen LogP contribution in [0.1, 0.15) is 5.56 Å². The zero-order valence-corrected chi connectivity index (χ0v) is 13.1. The Morgan fingerprint density at radius 1 is 1.08 bits per heavy atom. The first-order valence-corrected chi connectivity index (χ1v) is 7.64. The predicted octanol–water partition coefficient (Wildman–Crippen LogP) is 1.42. The van der Waals surface area contributed by atoms with E-state index in [-0.39, 0.29) is 25.3 Å². The second kappa shape index (κ2) is 8.90. The summed E-state index contributed by atoms with van der Waals surface area (Å²) in [5, 5.41) is 31.3. The summed E-state index contributed by atoms with van der Waals surface area (Å²) in [4.78, 5) is 11.3. The number of nitrogens with one attached hydrogen (secondary N) is 1. The second-order valence-electron chi connectivity index (χ2n) is 5.45. The zero-order valence-electron chi connectivity index (χ0n) is 13.1. The average Bonchev–Trinajstić information content (AvgIpc) is 2.59. The summed E-state index contributed by atoms with van der Waals surface area (Å²) < 4.78 is 5.43. The first-order valence-electron chi connectivity index (χ1n) is 7.64. The molecule has 2 aromatic rings. The number of aliphatic carboxylic acids is 1. The molecule has 0 aliphatic carbocycles. The lowest BCUT2D eigenvalue weighted by Gasteiger charge is -2.18. The Hall–Kier alpha value is -2.57. The van der Waals surface area contributed by atoms with Crippen LogP contribution in [0.5, 0.6) is 11.5 Å². The molecule has 24 heavy (non-hydrogen) atoms. The molecule has 0 aliphatic heterocycles. The van der Waals surface area contributed by atoms with Crippen molar-refractivity contribution in [1.29, 1.82) is 0 Å². The first kappa shape index (κ1) is 17.8. The maximum atomic E-state index is 11.3. The molecule has 0 spiro atoms. The van der Waals surface area contributed by atoms with Crippen molar-refractivity contribution in [2.75, 3.05) is 13.2 Å². The van der Waals surface area contributed by atoms with Crippen LogP contribution < -0.4 is 10.1 Å². The number of ether oxygens (including phenoxy) is 1. The third kappa shape index (κ3) is 5.91. The minimum absolute atomic E-state index is 0.0720. The van der Waals surface area contributed by atoms with Crippen LogP contribution in [-0.2, 0) is 11.2 Å². The van der Waals surface area contributed by atoms with Crippen molar-refractivity contribution in [3.05, 3.63) is 60.2 Å². The van der Waals surface area contributed by atoms with E-state index >= 15 is 0 Å². The Kier molecular flexibility index (Phi) is 6.60. The highest BCUT2D eigenvalue weighted by molar-refractivity contribution is 5.73. The number of aromatic hydroxyl groups is 1. The number of carbonyl (C=O) groups is 1. The van der Waals surface area contributed by atoms with Gasteiger partial charge in [-0.2, -0.15) is 0 Å². The summed E-state index contributed by atoms with van der Waals surface area (Å²) in [6, 6.07) is 14.6. The van der Waals surface area contributed by atoms with Gasteiger partial charge in [0.05, 0.1) is 0 Å². The number of hydrogen-bond acceptors (Lipinski definition) is 5. The van der Waals surface area contributed by atoms with Crippen LogP contribution in [0.4, 0.5) is 0 Å². The van der Waals surface area contributed by atoms with Gasteiger partial charge in [-0.1, -0.05) is 30.3 Å². The monoisotopic (exact) mass is 331 g/mol. The minimum Gasteiger partial charge on any atom is -0.508 e. The fourth-order valence-corrected chi connectivity index (χ4v) is 2.16. The molecule has 0 unspecified atom stereocenters. The number of rotatable bonds is 9. The fourth-order valence-electron chi connectivity index (χ4n) is 2.16. The average molecular weight is 331 g/mol. The first-order chi connectivity index (χ1) is 11.5. The van der Waals surface area contributed by atoms with Gasteiger partial charge >= 0.3 is 5.97 Å². The van der Waals surface area contributed by atoms with Gasteiger partial charge in [-0.3, -0.25) is 4.79 Å². The number of para-hydroxylation sites is 1. The predicted molar refractivity (Wildman–Crippen MR) is 89.2 cm³/mol. The third-order valence-corrected chi connectivity index (χ3v) is 3.46. The van der Waals surface area contributed by atoms with Gasteiger partial charge in [0, 0.05) is 6.54 Å². The number of benzene rings is 2. The second-order valence-corrected chi connectivity index (χ2v) is 5.45. The molecule has 2 rings (SSSR count). The van der Waals surface area contributed by atoms with Crippen molar-refractivity contribution >= 4 is 5.97 Å². The minimum atomic E-state index is -1.00. The van der Waals surface area contributed by atoms with Crippen LogP contribution in [0.2, 0.25) is 0 Å². The molecule has 6 nitrogen and oxygen atoms in total. The molecule has 128 valence electrons. The van der Waals surface area contributed by atoms with Gasteiger partial charge in [0.2, 0.25) is 0 Å². The SMILES string of the molecule is O=C(O)[C@H](Cc1ccc(O)cc1)NC[C@H](O)COc1ccccc1. The smallest absolute Gasteiger partial charge is 0.321 e. The Balaban J connectivity index is 1.80. The molecule has 6 heteroatoms. The Labute approximate surface area is 140 Å². The largest absolute Gasteiger partial charge is 0.508 e. The molecule has 0 saturated heterocycles. The molecule has 0 heterocycles. The van der Waals surface area contributed by atoms with Gasteiger partial charge in [-0.25, -0.2) is 0 Å². The van der Waals surface area contributed by atoms with Crippen LogP contribution in [0.3, 0.4) is 0 Å². The molecule has 0 radical (unpaired) electrons. The van der Waals surface area contributed by atoms with Gasteiger partial charge < -0.3 is 25.4 Å². The molecule has 2 aromatic carbocycles. The van der Waals surface area contributed by atoms with Crippen molar-refractivity contribution in [1.82, 2.24) is 5.32 Å². The van der Waals surface area contributed by atoms with E-state index < -0.39 is 18.1 Å². The number of carboxylic acid groups (broad SMARTS) is 1. The highest BCUT2D eigenvalue weighted by atomic mass is 16.5. The van der Waals surface area contributed by atoms with E-state index in [1.54, 1.807) is 24.3 Å². The molecule has 0 amide bonds. The maximum Gasteiger partial charge on any atom is 0.321 e. The number of hydrogen-bond donors (Lipinski definition) is 4. The number of phenols is 1. The molecule has 0 aliphatic rings. The van der Waals surface area contributed by atoms with Crippen LogP contribution in [-0.4, -0.2) is 46.6 Å². The van der Waals surface area contributed by atoms with Gasteiger partial charge in [-0.15, -0.1) is 0 Å². The lowest BCUT2D eigenvalue weighted by Crippen LogP contribution is -2.43. The molecule has 0 saturated carbocycles. The van der Waals surface area contributed by atoms with E-state index in [9.17, 15) is 20.1 Å². The van der Waals surface area contributed by atoms with Gasteiger partial charge in [-0.05, 0) is 36.2 Å². The van der Waals surface area contributed by atoms with Gasteiger partial charge in [0.25, 0.3) is 0 Å². The summed E-state index contributed by atoms with van der Waals surface area (Å²) in [7, 11) is 0. The molecule has 0 bridgehead atoms. The lowest BCUT2D eigenvalue weighted by molar-refractivity contribution is -0.139. The van der Waals surface area contributed by atoms with E-state index in [0.717, 1.165) is 5.56 Å².